The van der Waals surface area contributed by atoms with Crippen molar-refractivity contribution in [3.05, 3.63) is 35.7 Å². The molecule has 0 bridgehead atoms. The second kappa shape index (κ2) is 7.34. The van der Waals surface area contributed by atoms with E-state index in [9.17, 15) is 26.3 Å². The number of rotatable bonds is 5. The lowest BCUT2D eigenvalue weighted by atomic mass is 10.1. The first-order valence-electron chi connectivity index (χ1n) is 6.55. The lowest BCUT2D eigenvalue weighted by molar-refractivity contribution is -0.154. The van der Waals surface area contributed by atoms with Crippen molar-refractivity contribution < 1.29 is 35.8 Å². The van der Waals surface area contributed by atoms with E-state index in [1.807, 2.05) is 0 Å². The summed E-state index contributed by atoms with van der Waals surface area (Å²) in [6, 6.07) is 4.51. The largest absolute Gasteiger partial charge is 0.484 e. The van der Waals surface area contributed by atoms with Gasteiger partial charge in [-0.15, -0.1) is 0 Å². The van der Waals surface area contributed by atoms with Crippen LogP contribution in [0, 0.1) is 0 Å². The van der Waals surface area contributed by atoms with Crippen LogP contribution >= 0.6 is 11.6 Å². The molecule has 0 atom stereocenters. The van der Waals surface area contributed by atoms with E-state index in [0.29, 0.717) is 0 Å². The zero-order valence-electron chi connectivity index (χ0n) is 12.2. The van der Waals surface area contributed by atoms with Crippen LogP contribution in [-0.2, 0) is 0 Å². The Kier molecular flexibility index (Phi) is 5.61. The van der Waals surface area contributed by atoms with Crippen LogP contribution in [0.3, 0.4) is 0 Å². The minimum atomic E-state index is -4.59. The van der Waals surface area contributed by atoms with Gasteiger partial charge in [0.25, 0.3) is 0 Å². The van der Waals surface area contributed by atoms with Crippen molar-refractivity contribution in [3.8, 4) is 22.8 Å². The van der Waals surface area contributed by atoms with Crippen LogP contribution < -0.4 is 9.47 Å². The highest BCUT2D eigenvalue weighted by molar-refractivity contribution is 6.28. The second-order valence-electron chi connectivity index (χ2n) is 4.68. The molecule has 0 radical (unpaired) electrons. The summed E-state index contributed by atoms with van der Waals surface area (Å²) in [5, 5.41) is -0.194. The normalized spacial score (nSPS) is 12.1. The Morgan fingerprint density at radius 2 is 1.56 bits per heavy atom. The maximum absolute atomic E-state index is 12.3. The summed E-state index contributed by atoms with van der Waals surface area (Å²) in [6.45, 7) is -3.14. The fourth-order valence-electron chi connectivity index (χ4n) is 1.73. The molecular formula is C14H9ClF6N2O2. The summed E-state index contributed by atoms with van der Waals surface area (Å²) in [5.74, 6) is -0.465. The molecule has 11 heteroatoms. The molecule has 1 heterocycles. The van der Waals surface area contributed by atoms with Crippen LogP contribution in [0.2, 0.25) is 5.28 Å². The number of ether oxygens (including phenoxy) is 2. The third kappa shape index (κ3) is 6.29. The van der Waals surface area contributed by atoms with Gasteiger partial charge in [0, 0.05) is 11.8 Å². The van der Waals surface area contributed by atoms with Gasteiger partial charge in [0.05, 0.1) is 5.69 Å². The zero-order chi connectivity index (χ0) is 18.7. The number of nitrogens with zero attached hydrogens (tertiary/aromatic N) is 2. The fraction of sp³-hybridized carbons (Fsp3) is 0.286. The summed E-state index contributed by atoms with van der Waals surface area (Å²) >= 11 is 5.63. The predicted octanol–water partition coefficient (Wildman–Crippen LogP) is 4.68. The van der Waals surface area contributed by atoms with Crippen LogP contribution in [0.1, 0.15) is 0 Å². The lowest BCUT2D eigenvalue weighted by Crippen LogP contribution is -2.20. The molecule has 0 aliphatic carbocycles. The highest BCUT2D eigenvalue weighted by Gasteiger charge is 2.30. The van der Waals surface area contributed by atoms with Gasteiger partial charge in [-0.05, 0) is 35.9 Å². The topological polar surface area (TPSA) is 44.2 Å². The summed E-state index contributed by atoms with van der Waals surface area (Å²) in [6.07, 6.45) is -7.92. The zero-order valence-corrected chi connectivity index (χ0v) is 12.9. The van der Waals surface area contributed by atoms with E-state index in [2.05, 4.69) is 14.7 Å². The van der Waals surface area contributed by atoms with Crippen molar-refractivity contribution in [2.24, 2.45) is 0 Å². The van der Waals surface area contributed by atoms with Gasteiger partial charge >= 0.3 is 12.4 Å². The first-order valence-corrected chi connectivity index (χ1v) is 6.93. The van der Waals surface area contributed by atoms with E-state index in [-0.39, 0.29) is 28.0 Å². The molecule has 0 amide bonds. The number of hydrogen-bond acceptors (Lipinski definition) is 4. The molecular weight excluding hydrogens is 378 g/mol. The molecule has 0 saturated carbocycles. The summed E-state index contributed by atoms with van der Waals surface area (Å²) in [5.41, 5.74) is 0.0443. The number of alkyl halides is 6. The SMILES string of the molecule is FC(F)(F)COc1ccc(OCC(F)(F)F)c(-c2ccnc(Cl)n2)c1. The molecule has 4 nitrogen and oxygen atoms in total. The van der Waals surface area contributed by atoms with Crippen LogP contribution in [0.4, 0.5) is 26.3 Å². The van der Waals surface area contributed by atoms with Crippen LogP contribution in [-0.4, -0.2) is 35.5 Å². The molecule has 0 aliphatic heterocycles. The molecule has 1 aromatic heterocycles. The van der Waals surface area contributed by atoms with E-state index in [0.717, 1.165) is 18.2 Å². The second-order valence-corrected chi connectivity index (χ2v) is 5.01. The van der Waals surface area contributed by atoms with Crippen LogP contribution in [0.5, 0.6) is 11.5 Å². The molecule has 0 aliphatic rings. The molecule has 0 N–H and O–H groups in total. The molecule has 2 rings (SSSR count). The monoisotopic (exact) mass is 386 g/mol. The molecule has 0 spiro atoms. The highest BCUT2D eigenvalue weighted by Crippen LogP contribution is 2.34. The quantitative estimate of drug-likeness (QED) is 0.553. The maximum atomic E-state index is 12.3. The fourth-order valence-corrected chi connectivity index (χ4v) is 1.88. The van der Waals surface area contributed by atoms with Gasteiger partial charge in [-0.25, -0.2) is 9.97 Å². The minimum Gasteiger partial charge on any atom is -0.484 e. The van der Waals surface area contributed by atoms with Crippen molar-refractivity contribution >= 4 is 11.6 Å². The molecule has 0 unspecified atom stereocenters. The van der Waals surface area contributed by atoms with Gasteiger partial charge < -0.3 is 9.47 Å². The summed E-state index contributed by atoms with van der Waals surface area (Å²) < 4.78 is 83.0. The number of hydrogen-bond donors (Lipinski definition) is 0. The van der Waals surface area contributed by atoms with E-state index in [1.165, 1.54) is 12.3 Å². The van der Waals surface area contributed by atoms with Crippen molar-refractivity contribution in [3.63, 3.8) is 0 Å². The first-order chi connectivity index (χ1) is 11.5. The van der Waals surface area contributed by atoms with E-state index >= 15 is 0 Å². The Hall–Kier alpha value is -2.23. The Morgan fingerprint density at radius 1 is 0.920 bits per heavy atom. The van der Waals surface area contributed by atoms with Gasteiger partial charge in [-0.3, -0.25) is 0 Å². The standard InChI is InChI=1S/C14H9ClF6N2O2/c15-12-22-4-3-10(23-12)9-5-8(24-6-13(16,17)18)1-2-11(9)25-7-14(19,20)21/h1-5H,6-7H2. The Bertz CT molecular complexity index is 736. The van der Waals surface area contributed by atoms with Crippen LogP contribution in [0.15, 0.2) is 30.5 Å². The van der Waals surface area contributed by atoms with E-state index in [1.54, 1.807) is 0 Å². The predicted molar refractivity (Wildman–Crippen MR) is 75.6 cm³/mol. The average Bonchev–Trinajstić information content (AvgIpc) is 2.50. The van der Waals surface area contributed by atoms with Crippen molar-refractivity contribution in [2.45, 2.75) is 12.4 Å². The minimum absolute atomic E-state index is 0.0202. The van der Waals surface area contributed by atoms with Gasteiger partial charge in [-0.2, -0.15) is 26.3 Å². The third-order valence-corrected chi connectivity index (χ3v) is 2.83. The number of aromatic nitrogens is 2. The highest BCUT2D eigenvalue weighted by atomic mass is 35.5. The Morgan fingerprint density at radius 3 is 2.16 bits per heavy atom. The lowest BCUT2D eigenvalue weighted by Gasteiger charge is -2.15. The molecule has 136 valence electrons. The Labute approximate surface area is 142 Å². The van der Waals surface area contributed by atoms with Crippen molar-refractivity contribution in [1.82, 2.24) is 9.97 Å². The molecule has 25 heavy (non-hydrogen) atoms. The van der Waals surface area contributed by atoms with Crippen LogP contribution in [0.25, 0.3) is 11.3 Å². The van der Waals surface area contributed by atoms with Gasteiger partial charge in [0.2, 0.25) is 5.28 Å². The van der Waals surface area contributed by atoms with Gasteiger partial charge in [0.15, 0.2) is 13.2 Å². The summed E-state index contributed by atoms with van der Waals surface area (Å²) in [4.78, 5) is 7.44. The molecule has 1 aromatic carbocycles. The molecule has 0 saturated heterocycles. The van der Waals surface area contributed by atoms with E-state index < -0.39 is 25.6 Å². The van der Waals surface area contributed by atoms with Crippen molar-refractivity contribution in [1.29, 1.82) is 0 Å². The number of benzene rings is 1. The third-order valence-electron chi connectivity index (χ3n) is 2.65. The average molecular weight is 387 g/mol. The smallest absolute Gasteiger partial charge is 0.422 e. The first kappa shape index (κ1) is 19.1. The van der Waals surface area contributed by atoms with Gasteiger partial charge in [0.1, 0.15) is 11.5 Å². The summed E-state index contributed by atoms with van der Waals surface area (Å²) in [7, 11) is 0. The number of halogens is 7. The molecule has 0 fully saturated rings. The molecule has 2 aromatic rings. The van der Waals surface area contributed by atoms with E-state index in [4.69, 9.17) is 16.3 Å². The van der Waals surface area contributed by atoms with Crippen molar-refractivity contribution in [2.75, 3.05) is 13.2 Å². The van der Waals surface area contributed by atoms with Gasteiger partial charge in [-0.1, -0.05) is 0 Å². The maximum Gasteiger partial charge on any atom is 0.422 e. The Balaban J connectivity index is 2.35.